The van der Waals surface area contributed by atoms with Gasteiger partial charge in [-0.2, -0.15) is 0 Å². The van der Waals surface area contributed by atoms with E-state index in [0.29, 0.717) is 17.1 Å². The van der Waals surface area contributed by atoms with E-state index in [9.17, 15) is 9.59 Å². The van der Waals surface area contributed by atoms with Crippen molar-refractivity contribution in [3.05, 3.63) is 29.3 Å². The molecule has 2 atom stereocenters. The Labute approximate surface area is 130 Å². The summed E-state index contributed by atoms with van der Waals surface area (Å²) in [5.74, 6) is -0.388. The van der Waals surface area contributed by atoms with Crippen molar-refractivity contribution in [2.24, 2.45) is 11.8 Å². The number of benzene rings is 1. The van der Waals surface area contributed by atoms with Gasteiger partial charge in [0.2, 0.25) is 11.8 Å². The van der Waals surface area contributed by atoms with Crippen LogP contribution in [0.3, 0.4) is 0 Å². The number of carbonyl (C=O) groups excluding carboxylic acids is 2. The van der Waals surface area contributed by atoms with E-state index in [4.69, 9.17) is 11.6 Å². The molecule has 1 aliphatic rings. The average molecular weight is 309 g/mol. The zero-order valence-corrected chi connectivity index (χ0v) is 13.2. The molecule has 1 aromatic rings. The van der Waals surface area contributed by atoms with Crippen LogP contribution in [0.15, 0.2) is 24.3 Å². The Balaban J connectivity index is 1.85. The number of nitrogens with one attached hydrogen (secondary N) is 1. The lowest BCUT2D eigenvalue weighted by molar-refractivity contribution is -0.132. The molecule has 1 aromatic carbocycles. The fourth-order valence-electron chi connectivity index (χ4n) is 2.35. The average Bonchev–Trinajstić information content (AvgIpc) is 3.24. The SMILES string of the molecule is CCCCN(C)C(=O)C1CC1C(=O)Nc1cccc(Cl)c1. The Morgan fingerprint density at radius 2 is 2.14 bits per heavy atom. The predicted octanol–water partition coefficient (Wildman–Crippen LogP) is 3.17. The molecule has 0 aromatic heterocycles. The minimum absolute atomic E-state index is 0.0784. The van der Waals surface area contributed by atoms with Gasteiger partial charge in [0.05, 0.1) is 11.8 Å². The van der Waals surface area contributed by atoms with Crippen molar-refractivity contribution in [1.29, 1.82) is 0 Å². The van der Waals surface area contributed by atoms with Crippen LogP contribution >= 0.6 is 11.6 Å². The third-order valence-corrected chi connectivity index (χ3v) is 3.99. The van der Waals surface area contributed by atoms with Crippen molar-refractivity contribution in [3.8, 4) is 0 Å². The summed E-state index contributed by atoms with van der Waals surface area (Å²) < 4.78 is 0. The minimum atomic E-state index is -0.208. The summed E-state index contributed by atoms with van der Waals surface area (Å²) in [6.45, 7) is 2.85. The second-order valence-electron chi connectivity index (χ2n) is 5.56. The van der Waals surface area contributed by atoms with E-state index in [1.54, 1.807) is 29.2 Å². The van der Waals surface area contributed by atoms with E-state index in [-0.39, 0.29) is 23.7 Å². The van der Waals surface area contributed by atoms with Gasteiger partial charge in [-0.15, -0.1) is 0 Å². The summed E-state index contributed by atoms with van der Waals surface area (Å²) in [6, 6.07) is 7.03. The molecular formula is C16H21ClN2O2. The summed E-state index contributed by atoms with van der Waals surface area (Å²) >= 11 is 5.88. The first-order valence-corrected chi connectivity index (χ1v) is 7.72. The van der Waals surface area contributed by atoms with Gasteiger partial charge in [0.25, 0.3) is 0 Å². The fraction of sp³-hybridized carbons (Fsp3) is 0.500. The zero-order chi connectivity index (χ0) is 15.4. The number of amides is 2. The van der Waals surface area contributed by atoms with E-state index in [1.807, 2.05) is 7.05 Å². The minimum Gasteiger partial charge on any atom is -0.346 e. The van der Waals surface area contributed by atoms with Gasteiger partial charge in [-0.25, -0.2) is 0 Å². The molecular weight excluding hydrogens is 288 g/mol. The molecule has 0 aliphatic heterocycles. The number of hydrogen-bond acceptors (Lipinski definition) is 2. The number of unbranched alkanes of at least 4 members (excludes halogenated alkanes) is 1. The van der Waals surface area contributed by atoms with Gasteiger partial charge in [-0.05, 0) is 31.0 Å². The van der Waals surface area contributed by atoms with E-state index in [2.05, 4.69) is 12.2 Å². The van der Waals surface area contributed by atoms with Gasteiger partial charge in [0, 0.05) is 24.3 Å². The van der Waals surface area contributed by atoms with Crippen LogP contribution in [-0.2, 0) is 9.59 Å². The maximum absolute atomic E-state index is 12.2. The van der Waals surface area contributed by atoms with Crippen molar-refractivity contribution < 1.29 is 9.59 Å². The van der Waals surface area contributed by atoms with Crippen LogP contribution in [0.25, 0.3) is 0 Å². The van der Waals surface area contributed by atoms with Crippen LogP contribution in [0.1, 0.15) is 26.2 Å². The lowest BCUT2D eigenvalue weighted by atomic mass is 10.2. The number of hydrogen-bond donors (Lipinski definition) is 1. The highest BCUT2D eigenvalue weighted by Gasteiger charge is 2.48. The standard InChI is InChI=1S/C16H21ClN2O2/c1-3-4-8-19(2)16(21)14-10-13(14)15(20)18-12-7-5-6-11(17)9-12/h5-7,9,13-14H,3-4,8,10H2,1-2H3,(H,18,20). The molecule has 2 rings (SSSR count). The molecule has 0 bridgehead atoms. The predicted molar refractivity (Wildman–Crippen MR) is 84.2 cm³/mol. The Morgan fingerprint density at radius 3 is 2.81 bits per heavy atom. The van der Waals surface area contributed by atoms with E-state index < -0.39 is 0 Å². The number of carbonyl (C=O) groups is 2. The van der Waals surface area contributed by atoms with Gasteiger partial charge < -0.3 is 10.2 Å². The smallest absolute Gasteiger partial charge is 0.228 e. The molecule has 2 amide bonds. The molecule has 1 aliphatic carbocycles. The van der Waals surface area contributed by atoms with Crippen molar-refractivity contribution in [3.63, 3.8) is 0 Å². The third kappa shape index (κ3) is 4.21. The van der Waals surface area contributed by atoms with E-state index in [0.717, 1.165) is 19.4 Å². The van der Waals surface area contributed by atoms with Crippen LogP contribution in [0.5, 0.6) is 0 Å². The van der Waals surface area contributed by atoms with Gasteiger partial charge in [-0.1, -0.05) is 31.0 Å². The molecule has 0 heterocycles. The van der Waals surface area contributed by atoms with Crippen LogP contribution in [0.2, 0.25) is 5.02 Å². The van der Waals surface area contributed by atoms with Crippen LogP contribution in [-0.4, -0.2) is 30.3 Å². The van der Waals surface area contributed by atoms with Crippen LogP contribution in [0, 0.1) is 11.8 Å². The maximum atomic E-state index is 12.2. The van der Waals surface area contributed by atoms with Crippen molar-refractivity contribution in [1.82, 2.24) is 4.90 Å². The molecule has 1 saturated carbocycles. The Morgan fingerprint density at radius 1 is 1.38 bits per heavy atom. The number of rotatable bonds is 6. The second kappa shape index (κ2) is 6.94. The molecule has 5 heteroatoms. The number of halogens is 1. The number of anilines is 1. The lowest BCUT2D eigenvalue weighted by Crippen LogP contribution is -2.30. The second-order valence-corrected chi connectivity index (χ2v) is 6.00. The summed E-state index contributed by atoms with van der Waals surface area (Å²) in [6.07, 6.45) is 2.69. The number of nitrogens with zero attached hydrogens (tertiary/aromatic N) is 1. The highest BCUT2D eigenvalue weighted by molar-refractivity contribution is 6.30. The largest absolute Gasteiger partial charge is 0.346 e. The fourth-order valence-corrected chi connectivity index (χ4v) is 2.54. The molecule has 2 unspecified atom stereocenters. The highest BCUT2D eigenvalue weighted by atomic mass is 35.5. The monoisotopic (exact) mass is 308 g/mol. The molecule has 0 saturated heterocycles. The molecule has 4 nitrogen and oxygen atoms in total. The first-order chi connectivity index (χ1) is 10.0. The Hall–Kier alpha value is -1.55. The third-order valence-electron chi connectivity index (χ3n) is 3.76. The summed E-state index contributed by atoms with van der Waals surface area (Å²) in [5.41, 5.74) is 0.671. The topological polar surface area (TPSA) is 49.4 Å². The molecule has 0 spiro atoms. The zero-order valence-electron chi connectivity index (χ0n) is 12.4. The molecule has 1 N–H and O–H groups in total. The van der Waals surface area contributed by atoms with Crippen LogP contribution < -0.4 is 5.32 Å². The molecule has 21 heavy (non-hydrogen) atoms. The van der Waals surface area contributed by atoms with Gasteiger partial charge in [-0.3, -0.25) is 9.59 Å². The lowest BCUT2D eigenvalue weighted by Gasteiger charge is -2.16. The molecule has 114 valence electrons. The van der Waals surface area contributed by atoms with E-state index >= 15 is 0 Å². The van der Waals surface area contributed by atoms with Gasteiger partial charge >= 0.3 is 0 Å². The normalized spacial score (nSPS) is 20.0. The maximum Gasteiger partial charge on any atom is 0.228 e. The van der Waals surface area contributed by atoms with Gasteiger partial charge in [0.1, 0.15) is 0 Å². The summed E-state index contributed by atoms with van der Waals surface area (Å²) in [5, 5.41) is 3.40. The highest BCUT2D eigenvalue weighted by Crippen LogP contribution is 2.40. The Kier molecular flexibility index (Phi) is 5.23. The van der Waals surface area contributed by atoms with E-state index in [1.165, 1.54) is 0 Å². The van der Waals surface area contributed by atoms with Crippen molar-refractivity contribution in [2.45, 2.75) is 26.2 Å². The van der Waals surface area contributed by atoms with Crippen molar-refractivity contribution >= 4 is 29.1 Å². The summed E-state index contributed by atoms with van der Waals surface area (Å²) in [4.78, 5) is 26.0. The Bertz CT molecular complexity index is 533. The summed E-state index contributed by atoms with van der Waals surface area (Å²) in [7, 11) is 1.81. The first kappa shape index (κ1) is 15.8. The van der Waals surface area contributed by atoms with Gasteiger partial charge in [0.15, 0.2) is 0 Å². The van der Waals surface area contributed by atoms with Crippen molar-refractivity contribution in [2.75, 3.05) is 18.9 Å². The quantitative estimate of drug-likeness (QED) is 0.877. The first-order valence-electron chi connectivity index (χ1n) is 7.34. The van der Waals surface area contributed by atoms with Crippen LogP contribution in [0.4, 0.5) is 5.69 Å². The molecule has 0 radical (unpaired) electrons. The molecule has 1 fully saturated rings.